The number of hydrogen-bond acceptors (Lipinski definition) is 10. The lowest BCUT2D eigenvalue weighted by Gasteiger charge is -2.30. The van der Waals surface area contributed by atoms with Crippen LogP contribution in [-0.2, 0) is 23.9 Å². The summed E-state index contributed by atoms with van der Waals surface area (Å²) < 4.78 is 11.3. The molecule has 0 spiro atoms. The van der Waals surface area contributed by atoms with Crippen LogP contribution in [0.2, 0.25) is 0 Å². The number of likely N-dealkylation sites (tertiary alicyclic amines) is 2. The number of imidazole rings is 2. The Morgan fingerprint density at radius 1 is 0.833 bits per heavy atom. The molecule has 4 atom stereocenters. The maximum Gasteiger partial charge on any atom is 0.407 e. The van der Waals surface area contributed by atoms with Gasteiger partial charge in [-0.25, -0.2) is 19.6 Å². The molecule has 54 heavy (non-hydrogen) atoms. The van der Waals surface area contributed by atoms with Gasteiger partial charge in [0.1, 0.15) is 29.0 Å². The van der Waals surface area contributed by atoms with Gasteiger partial charge in [0.05, 0.1) is 37.8 Å². The quantitative estimate of drug-likeness (QED) is 0.166. The number of alkyl carbamates (subject to hydrolysis) is 2. The number of ether oxygens (including phenoxy) is 2. The minimum absolute atomic E-state index is 0.118. The summed E-state index contributed by atoms with van der Waals surface area (Å²) in [5.74, 6) is -0.368. The van der Waals surface area contributed by atoms with Gasteiger partial charge in [-0.3, -0.25) is 18.8 Å². The maximum absolute atomic E-state index is 13.5. The number of nitrogens with one attached hydrogen (secondary N) is 4. The number of aromatic amines is 1. The summed E-state index contributed by atoms with van der Waals surface area (Å²) in [6.07, 6.45) is 6.93. The summed E-state index contributed by atoms with van der Waals surface area (Å²) in [4.78, 5) is 80.9. The second-order valence-electron chi connectivity index (χ2n) is 14.3. The molecule has 4 unspecified atom stereocenters. The third-order valence-electron chi connectivity index (χ3n) is 9.96. The number of aromatic nitrogens is 4. The van der Waals surface area contributed by atoms with Crippen LogP contribution in [0.4, 0.5) is 14.6 Å². The molecule has 288 valence electrons. The van der Waals surface area contributed by atoms with Gasteiger partial charge >= 0.3 is 12.2 Å². The molecule has 17 heteroatoms. The van der Waals surface area contributed by atoms with E-state index in [1.807, 2.05) is 62.6 Å². The fourth-order valence-corrected chi connectivity index (χ4v) is 7.91. The van der Waals surface area contributed by atoms with Crippen LogP contribution in [0.5, 0.6) is 0 Å². The Hall–Kier alpha value is -5.45. The van der Waals surface area contributed by atoms with Gasteiger partial charge in [-0.2, -0.15) is 0 Å². The van der Waals surface area contributed by atoms with Crippen molar-refractivity contribution in [3.63, 3.8) is 0 Å². The van der Waals surface area contributed by atoms with E-state index in [0.717, 1.165) is 35.4 Å². The number of anilines is 1. The fourth-order valence-electron chi connectivity index (χ4n) is 7.04. The van der Waals surface area contributed by atoms with Gasteiger partial charge in [0, 0.05) is 31.0 Å². The van der Waals surface area contributed by atoms with Crippen molar-refractivity contribution >= 4 is 51.2 Å². The van der Waals surface area contributed by atoms with Crippen LogP contribution in [0.3, 0.4) is 0 Å². The number of carbonyl (C=O) groups excluding carboxylic acids is 5. The molecule has 0 radical (unpaired) electrons. The molecule has 2 saturated heterocycles. The Balaban J connectivity index is 1.09. The van der Waals surface area contributed by atoms with E-state index in [2.05, 4.69) is 25.9 Å². The molecule has 5 amide bonds. The number of methoxy groups -OCH3 is 2. The average Bonchev–Trinajstić information content (AvgIpc) is 4.00. The lowest BCUT2D eigenvalue weighted by atomic mass is 10.0. The highest BCUT2D eigenvalue weighted by Gasteiger charge is 2.40. The second kappa shape index (κ2) is 16.3. The van der Waals surface area contributed by atoms with Gasteiger partial charge < -0.3 is 40.2 Å². The summed E-state index contributed by atoms with van der Waals surface area (Å²) >= 11 is 1.33. The minimum atomic E-state index is -0.803. The first-order valence-electron chi connectivity index (χ1n) is 18.1. The molecular formula is C37H47N9O7S. The molecule has 2 fully saturated rings. The zero-order chi connectivity index (χ0) is 38.7. The van der Waals surface area contributed by atoms with E-state index < -0.39 is 30.3 Å². The standard InChI is InChI=1S/C37H47N9O7S/c1-20(2)29(42-36(50)52-5)33(48)45-15-7-9-26(45)31-38-17-24(39-31)22-11-13-23(14-12-22)25-18-44-19-28(54-35(44)40-25)41-32(47)27-10-8-16-46(27)34(49)30(21(3)4)43-37(51)53-6/h11-14,17-21,26-27,29-30H,7-10,15-16H2,1-6H3,(H,38,39)(H,41,47)(H,42,50)(H,43,51). The Morgan fingerprint density at radius 3 is 2.04 bits per heavy atom. The molecular weight excluding hydrogens is 715 g/mol. The van der Waals surface area contributed by atoms with Crippen molar-refractivity contribution in [2.24, 2.45) is 11.8 Å². The van der Waals surface area contributed by atoms with Crippen LogP contribution in [0.15, 0.2) is 42.9 Å². The van der Waals surface area contributed by atoms with Crippen LogP contribution < -0.4 is 16.0 Å². The number of thiazole rings is 1. The van der Waals surface area contributed by atoms with Gasteiger partial charge in [0.25, 0.3) is 0 Å². The van der Waals surface area contributed by atoms with Crippen molar-refractivity contribution in [1.29, 1.82) is 0 Å². The average molecular weight is 762 g/mol. The molecule has 2 aliphatic heterocycles. The Morgan fingerprint density at radius 2 is 1.43 bits per heavy atom. The van der Waals surface area contributed by atoms with E-state index in [1.54, 1.807) is 22.2 Å². The minimum Gasteiger partial charge on any atom is -0.453 e. The summed E-state index contributed by atoms with van der Waals surface area (Å²) in [6, 6.07) is 5.54. The van der Waals surface area contributed by atoms with E-state index in [4.69, 9.17) is 14.5 Å². The number of amides is 5. The molecule has 0 aliphatic carbocycles. The lowest BCUT2D eigenvalue weighted by molar-refractivity contribution is -0.139. The number of nitrogens with zero attached hydrogens (tertiary/aromatic N) is 5. The fraction of sp³-hybridized carbons (Fsp3) is 0.486. The molecule has 5 heterocycles. The molecule has 0 bridgehead atoms. The lowest BCUT2D eigenvalue weighted by Crippen LogP contribution is -2.54. The van der Waals surface area contributed by atoms with Gasteiger partial charge in [-0.15, -0.1) is 0 Å². The first-order valence-corrected chi connectivity index (χ1v) is 18.9. The van der Waals surface area contributed by atoms with Crippen LogP contribution in [0.25, 0.3) is 27.5 Å². The van der Waals surface area contributed by atoms with Crippen molar-refractivity contribution in [2.45, 2.75) is 77.5 Å². The SMILES string of the molecule is COC(=O)NC(C(=O)N1CCCC1C(=O)Nc1cn2cc(-c3ccc(-c4cnc(C5CCCN5C(=O)C(NC(=O)OC)C(C)C)[nH]4)cc3)nc2s1)C(C)C. The predicted octanol–water partition coefficient (Wildman–Crippen LogP) is 4.81. The van der Waals surface area contributed by atoms with E-state index in [-0.39, 0.29) is 35.6 Å². The normalized spacial score (nSPS) is 18.2. The number of fused-ring (bicyclic) bond motifs is 1. The van der Waals surface area contributed by atoms with Crippen molar-refractivity contribution in [1.82, 2.24) is 39.8 Å². The van der Waals surface area contributed by atoms with Crippen LogP contribution in [0.1, 0.15) is 65.2 Å². The number of hydrogen-bond donors (Lipinski definition) is 4. The Kier molecular flexibility index (Phi) is 11.5. The molecule has 4 aromatic rings. The summed E-state index contributed by atoms with van der Waals surface area (Å²) in [7, 11) is 2.52. The van der Waals surface area contributed by atoms with Gasteiger partial charge in [-0.1, -0.05) is 63.3 Å². The second-order valence-corrected chi connectivity index (χ2v) is 15.3. The summed E-state index contributed by atoms with van der Waals surface area (Å²) in [5.41, 5.74) is 3.41. The topological polar surface area (TPSA) is 192 Å². The Labute approximate surface area is 317 Å². The largest absolute Gasteiger partial charge is 0.453 e. The molecule has 4 N–H and O–H groups in total. The van der Waals surface area contributed by atoms with E-state index in [0.29, 0.717) is 41.7 Å². The van der Waals surface area contributed by atoms with Crippen molar-refractivity contribution in [3.8, 4) is 22.5 Å². The summed E-state index contributed by atoms with van der Waals surface area (Å²) in [5, 5.41) is 8.85. The highest BCUT2D eigenvalue weighted by atomic mass is 32.1. The van der Waals surface area contributed by atoms with Crippen molar-refractivity contribution < 1.29 is 33.4 Å². The van der Waals surface area contributed by atoms with Gasteiger partial charge in [0.2, 0.25) is 17.7 Å². The molecule has 16 nitrogen and oxygen atoms in total. The number of rotatable bonds is 11. The van der Waals surface area contributed by atoms with Crippen molar-refractivity contribution in [2.75, 3.05) is 32.6 Å². The highest BCUT2D eigenvalue weighted by Crippen LogP contribution is 2.34. The molecule has 3 aromatic heterocycles. The third-order valence-corrected chi connectivity index (χ3v) is 10.9. The first kappa shape index (κ1) is 38.3. The number of carbonyl (C=O) groups is 5. The molecule has 0 saturated carbocycles. The Bertz CT molecular complexity index is 1970. The van der Waals surface area contributed by atoms with Crippen LogP contribution in [0, 0.1) is 11.8 Å². The van der Waals surface area contributed by atoms with E-state index >= 15 is 0 Å². The zero-order valence-electron chi connectivity index (χ0n) is 31.3. The molecule has 2 aliphatic rings. The zero-order valence-corrected chi connectivity index (χ0v) is 32.1. The molecule has 1 aromatic carbocycles. The van der Waals surface area contributed by atoms with Crippen molar-refractivity contribution in [3.05, 3.63) is 48.7 Å². The smallest absolute Gasteiger partial charge is 0.407 e. The summed E-state index contributed by atoms with van der Waals surface area (Å²) in [6.45, 7) is 8.44. The highest BCUT2D eigenvalue weighted by molar-refractivity contribution is 7.21. The first-order chi connectivity index (χ1) is 25.9. The van der Waals surface area contributed by atoms with Gasteiger partial charge in [0.15, 0.2) is 4.96 Å². The maximum atomic E-state index is 13.5. The van der Waals surface area contributed by atoms with Crippen LogP contribution >= 0.6 is 11.3 Å². The molecule has 6 rings (SSSR count). The number of H-pyrrole nitrogens is 1. The van der Waals surface area contributed by atoms with Crippen LogP contribution in [-0.4, -0.2) is 104 Å². The monoisotopic (exact) mass is 761 g/mol. The predicted molar refractivity (Wildman–Crippen MR) is 201 cm³/mol. The van der Waals surface area contributed by atoms with E-state index in [1.165, 1.54) is 25.6 Å². The van der Waals surface area contributed by atoms with E-state index in [9.17, 15) is 24.0 Å². The van der Waals surface area contributed by atoms with Gasteiger partial charge in [-0.05, 0) is 43.1 Å². The third kappa shape index (κ3) is 8.05. The number of benzene rings is 1.